The fraction of sp³-hybridized carbons (Fsp3) is 0.500. The third-order valence-electron chi connectivity index (χ3n) is 4.02. The lowest BCUT2D eigenvalue weighted by molar-refractivity contribution is -0.149. The van der Waals surface area contributed by atoms with Gasteiger partial charge in [-0.05, 0) is 24.6 Å². The Labute approximate surface area is 161 Å². The van der Waals surface area contributed by atoms with Crippen molar-refractivity contribution in [1.29, 1.82) is 0 Å². The molecular weight excluding hydrogens is 402 g/mol. The average molecular weight is 426 g/mol. The fourth-order valence-electron chi connectivity index (χ4n) is 2.67. The number of carbonyl (C=O) groups is 3. The van der Waals surface area contributed by atoms with Crippen LogP contribution in [0.5, 0.6) is 0 Å². The van der Waals surface area contributed by atoms with Crippen LogP contribution in [0.2, 0.25) is 0 Å². The molecule has 1 fully saturated rings. The number of carbonyl (C=O) groups excluding carboxylic acids is 3. The standard InChI is InChI=1S/C18H24BrN3O4/c1-2-3-9-26-17(24)11-15-18(25)20-7-8-22(15)12-16(23)21-14-6-4-5-13(19)10-14/h4-6,10,15H,2-3,7-9,11-12H2,1H3,(H,20,25)(H,21,23). The van der Waals surface area contributed by atoms with E-state index in [0.717, 1.165) is 17.3 Å². The fourth-order valence-corrected chi connectivity index (χ4v) is 3.07. The predicted octanol–water partition coefficient (Wildman–Crippen LogP) is 1.92. The van der Waals surface area contributed by atoms with Crippen molar-refractivity contribution in [2.24, 2.45) is 0 Å². The number of ether oxygens (including phenoxy) is 1. The molecule has 1 aromatic carbocycles. The first-order valence-corrected chi connectivity index (χ1v) is 9.51. The van der Waals surface area contributed by atoms with E-state index < -0.39 is 12.0 Å². The van der Waals surface area contributed by atoms with Gasteiger partial charge in [0.05, 0.1) is 19.6 Å². The highest BCUT2D eigenvalue weighted by Gasteiger charge is 2.33. The minimum atomic E-state index is -0.689. The number of amides is 2. The molecule has 0 bridgehead atoms. The average Bonchev–Trinajstić information content (AvgIpc) is 2.58. The molecule has 1 saturated heterocycles. The van der Waals surface area contributed by atoms with Gasteiger partial charge in [-0.2, -0.15) is 0 Å². The van der Waals surface area contributed by atoms with Crippen LogP contribution in [0, 0.1) is 0 Å². The van der Waals surface area contributed by atoms with E-state index in [9.17, 15) is 14.4 Å². The molecule has 0 saturated carbocycles. The van der Waals surface area contributed by atoms with E-state index in [0.29, 0.717) is 25.4 Å². The summed E-state index contributed by atoms with van der Waals surface area (Å²) in [6, 6.07) is 6.58. The van der Waals surface area contributed by atoms with Gasteiger partial charge in [-0.15, -0.1) is 0 Å². The maximum Gasteiger partial charge on any atom is 0.307 e. The van der Waals surface area contributed by atoms with Crippen LogP contribution in [0.25, 0.3) is 0 Å². The second-order valence-corrected chi connectivity index (χ2v) is 7.03. The van der Waals surface area contributed by atoms with Crippen LogP contribution >= 0.6 is 15.9 Å². The van der Waals surface area contributed by atoms with Crippen molar-refractivity contribution in [2.75, 3.05) is 31.6 Å². The Morgan fingerprint density at radius 3 is 2.96 bits per heavy atom. The Morgan fingerprint density at radius 1 is 1.42 bits per heavy atom. The predicted molar refractivity (Wildman–Crippen MR) is 102 cm³/mol. The Hall–Kier alpha value is -1.93. The van der Waals surface area contributed by atoms with Crippen molar-refractivity contribution >= 4 is 39.4 Å². The molecule has 26 heavy (non-hydrogen) atoms. The summed E-state index contributed by atoms with van der Waals surface area (Å²) < 4.78 is 6.01. The lowest BCUT2D eigenvalue weighted by Crippen LogP contribution is -2.57. The Morgan fingerprint density at radius 2 is 2.23 bits per heavy atom. The molecule has 0 radical (unpaired) electrons. The van der Waals surface area contributed by atoms with Crippen LogP contribution in [0.1, 0.15) is 26.2 Å². The van der Waals surface area contributed by atoms with Crippen LogP contribution in [-0.4, -0.2) is 55.0 Å². The molecular formula is C18H24BrN3O4. The van der Waals surface area contributed by atoms with Crippen molar-refractivity contribution in [3.63, 3.8) is 0 Å². The Bertz CT molecular complexity index is 653. The lowest BCUT2D eigenvalue weighted by atomic mass is 10.1. The first-order chi connectivity index (χ1) is 12.5. The van der Waals surface area contributed by atoms with Gasteiger partial charge in [-0.25, -0.2) is 0 Å². The van der Waals surface area contributed by atoms with Gasteiger partial charge in [-0.3, -0.25) is 19.3 Å². The molecule has 142 valence electrons. The topological polar surface area (TPSA) is 87.7 Å². The first-order valence-electron chi connectivity index (χ1n) is 8.72. The summed E-state index contributed by atoms with van der Waals surface area (Å²) in [4.78, 5) is 38.2. The van der Waals surface area contributed by atoms with E-state index in [4.69, 9.17) is 4.74 Å². The number of nitrogens with zero attached hydrogens (tertiary/aromatic N) is 1. The molecule has 8 heteroatoms. The van der Waals surface area contributed by atoms with Crippen LogP contribution in [-0.2, 0) is 19.1 Å². The van der Waals surface area contributed by atoms with E-state index in [1.807, 2.05) is 19.1 Å². The molecule has 1 unspecified atom stereocenters. The number of hydrogen-bond acceptors (Lipinski definition) is 5. The molecule has 1 aliphatic rings. The highest BCUT2D eigenvalue weighted by atomic mass is 79.9. The zero-order chi connectivity index (χ0) is 18.9. The van der Waals surface area contributed by atoms with Gasteiger partial charge < -0.3 is 15.4 Å². The van der Waals surface area contributed by atoms with Crippen LogP contribution in [0.15, 0.2) is 28.7 Å². The summed E-state index contributed by atoms with van der Waals surface area (Å²) in [5, 5.41) is 5.54. The van der Waals surface area contributed by atoms with Crippen molar-refractivity contribution in [2.45, 2.75) is 32.2 Å². The maximum absolute atomic E-state index is 12.3. The van der Waals surface area contributed by atoms with Gasteiger partial charge in [0.25, 0.3) is 0 Å². The number of esters is 1. The molecule has 1 heterocycles. The SMILES string of the molecule is CCCCOC(=O)CC1C(=O)NCCN1CC(=O)Nc1cccc(Br)c1. The van der Waals surface area contributed by atoms with Crippen LogP contribution in [0.4, 0.5) is 5.69 Å². The first kappa shape index (κ1) is 20.4. The van der Waals surface area contributed by atoms with E-state index >= 15 is 0 Å². The van der Waals surface area contributed by atoms with Gasteiger partial charge in [0.1, 0.15) is 6.04 Å². The second-order valence-electron chi connectivity index (χ2n) is 6.11. The maximum atomic E-state index is 12.3. The number of hydrogen-bond donors (Lipinski definition) is 2. The third-order valence-corrected chi connectivity index (χ3v) is 4.51. The van der Waals surface area contributed by atoms with E-state index in [2.05, 4.69) is 26.6 Å². The summed E-state index contributed by atoms with van der Waals surface area (Å²) >= 11 is 3.35. The van der Waals surface area contributed by atoms with E-state index in [1.165, 1.54) is 0 Å². The number of halogens is 1. The largest absolute Gasteiger partial charge is 0.466 e. The van der Waals surface area contributed by atoms with Crippen molar-refractivity contribution in [3.05, 3.63) is 28.7 Å². The van der Waals surface area contributed by atoms with Crippen molar-refractivity contribution in [1.82, 2.24) is 10.2 Å². The van der Waals surface area contributed by atoms with E-state index in [1.54, 1.807) is 17.0 Å². The van der Waals surface area contributed by atoms with Crippen LogP contribution < -0.4 is 10.6 Å². The van der Waals surface area contributed by atoms with Crippen molar-refractivity contribution in [3.8, 4) is 0 Å². The molecule has 7 nitrogen and oxygen atoms in total. The highest BCUT2D eigenvalue weighted by molar-refractivity contribution is 9.10. The summed E-state index contributed by atoms with van der Waals surface area (Å²) in [7, 11) is 0. The zero-order valence-electron chi connectivity index (χ0n) is 14.8. The number of benzene rings is 1. The molecule has 1 aliphatic heterocycles. The van der Waals surface area contributed by atoms with Gasteiger partial charge in [0.15, 0.2) is 0 Å². The van der Waals surface area contributed by atoms with Gasteiger partial charge in [0, 0.05) is 23.2 Å². The smallest absolute Gasteiger partial charge is 0.307 e. The van der Waals surface area contributed by atoms with Crippen LogP contribution in [0.3, 0.4) is 0 Å². The summed E-state index contributed by atoms with van der Waals surface area (Å²) in [5.41, 5.74) is 0.668. The third kappa shape index (κ3) is 6.42. The van der Waals surface area contributed by atoms with Crippen molar-refractivity contribution < 1.29 is 19.1 Å². The van der Waals surface area contributed by atoms with Gasteiger partial charge in [0.2, 0.25) is 11.8 Å². The number of anilines is 1. The summed E-state index contributed by atoms with van der Waals surface area (Å²) in [6.45, 7) is 3.35. The number of unbranched alkanes of at least 4 members (excludes halogenated alkanes) is 1. The highest BCUT2D eigenvalue weighted by Crippen LogP contribution is 2.16. The minimum absolute atomic E-state index is 0.0346. The van der Waals surface area contributed by atoms with E-state index in [-0.39, 0.29) is 24.8 Å². The Balaban J connectivity index is 1.92. The molecule has 1 atom stereocenters. The molecule has 0 aliphatic carbocycles. The second kappa shape index (κ2) is 10.3. The molecule has 2 amide bonds. The lowest BCUT2D eigenvalue weighted by Gasteiger charge is -2.33. The zero-order valence-corrected chi connectivity index (χ0v) is 16.4. The summed E-state index contributed by atoms with van der Waals surface area (Å²) in [5.74, 6) is -0.904. The minimum Gasteiger partial charge on any atom is -0.466 e. The van der Waals surface area contributed by atoms with Gasteiger partial charge in [-0.1, -0.05) is 35.3 Å². The monoisotopic (exact) mass is 425 g/mol. The van der Waals surface area contributed by atoms with Gasteiger partial charge >= 0.3 is 5.97 Å². The number of rotatable bonds is 8. The summed E-state index contributed by atoms with van der Waals surface area (Å²) in [6.07, 6.45) is 1.67. The molecule has 0 spiro atoms. The quantitative estimate of drug-likeness (QED) is 0.490. The molecule has 2 rings (SSSR count). The molecule has 1 aromatic rings. The molecule has 2 N–H and O–H groups in total. The number of nitrogens with one attached hydrogen (secondary N) is 2. The number of piperazine rings is 1. The normalized spacial score (nSPS) is 17.5. The Kier molecular flexibility index (Phi) is 8.06. The molecule has 0 aromatic heterocycles.